The highest BCUT2D eigenvalue weighted by atomic mass is 16.4. The monoisotopic (exact) mass is 212 g/mol. The van der Waals surface area contributed by atoms with Crippen LogP contribution in [0, 0.1) is 0 Å². The van der Waals surface area contributed by atoms with E-state index < -0.39 is 5.97 Å². The molecule has 0 saturated heterocycles. The molecule has 0 saturated carbocycles. The smallest absolute Gasteiger partial charge is 0.335 e. The molecule has 1 aliphatic rings. The first-order chi connectivity index (χ1) is 7.07. The fourth-order valence-electron chi connectivity index (χ4n) is 1.58. The van der Waals surface area contributed by atoms with Gasteiger partial charge in [-0.25, -0.2) is 4.79 Å². The molecule has 0 bridgehead atoms. The van der Waals surface area contributed by atoms with E-state index in [4.69, 9.17) is 10.8 Å². The summed E-state index contributed by atoms with van der Waals surface area (Å²) in [6, 6.07) is 0. The summed E-state index contributed by atoms with van der Waals surface area (Å²) >= 11 is 0. The van der Waals surface area contributed by atoms with Gasteiger partial charge in [-0.15, -0.1) is 0 Å². The topological polar surface area (TPSA) is 83.6 Å². The summed E-state index contributed by atoms with van der Waals surface area (Å²) in [7, 11) is 0. The van der Waals surface area contributed by atoms with Crippen LogP contribution in [0.1, 0.15) is 32.6 Å². The number of carbonyl (C=O) groups excluding carboxylic acids is 1. The molecule has 1 aliphatic heterocycles. The van der Waals surface area contributed by atoms with E-state index in [0.29, 0.717) is 6.54 Å². The average Bonchev–Trinajstić information content (AvgIpc) is 2.45. The Balaban J connectivity index is 2.64. The predicted octanol–water partition coefficient (Wildman–Crippen LogP) is 0.664. The molecule has 5 nitrogen and oxygen atoms in total. The zero-order chi connectivity index (χ0) is 11.4. The molecule has 0 atom stereocenters. The second-order valence-electron chi connectivity index (χ2n) is 3.60. The Morgan fingerprint density at radius 2 is 2.20 bits per heavy atom. The first-order valence-corrected chi connectivity index (χ1v) is 5.10. The van der Waals surface area contributed by atoms with Crippen LogP contribution in [-0.4, -0.2) is 28.4 Å². The van der Waals surface area contributed by atoms with Gasteiger partial charge in [0.25, 0.3) is 0 Å². The third-order valence-electron chi connectivity index (χ3n) is 2.47. The van der Waals surface area contributed by atoms with Gasteiger partial charge in [0.2, 0.25) is 5.91 Å². The first-order valence-electron chi connectivity index (χ1n) is 5.10. The number of carboxylic acids is 1. The minimum Gasteiger partial charge on any atom is -0.478 e. The molecule has 0 unspecified atom stereocenters. The number of rotatable bonds is 5. The first kappa shape index (κ1) is 11.6. The lowest BCUT2D eigenvalue weighted by molar-refractivity contribution is -0.134. The third kappa shape index (κ3) is 2.49. The number of hydrogen-bond acceptors (Lipinski definition) is 3. The summed E-state index contributed by atoms with van der Waals surface area (Å²) in [5, 5.41) is 8.77. The molecule has 3 N–H and O–H groups in total. The van der Waals surface area contributed by atoms with Crippen molar-refractivity contribution < 1.29 is 14.7 Å². The van der Waals surface area contributed by atoms with Crippen LogP contribution in [0.15, 0.2) is 11.4 Å². The van der Waals surface area contributed by atoms with Crippen molar-refractivity contribution in [3.8, 4) is 0 Å². The van der Waals surface area contributed by atoms with Gasteiger partial charge in [-0.05, 0) is 6.42 Å². The maximum Gasteiger partial charge on any atom is 0.335 e. The van der Waals surface area contributed by atoms with Gasteiger partial charge in [-0.1, -0.05) is 19.8 Å². The molecule has 84 valence electrons. The SMILES string of the molecule is CCCCCN1C(=O)CC(C(=O)O)=C1N. The molecule has 0 aromatic carbocycles. The number of unbranched alkanes of at least 4 members (excludes halogenated alkanes) is 2. The van der Waals surface area contributed by atoms with Crippen molar-refractivity contribution in [2.75, 3.05) is 6.54 Å². The van der Waals surface area contributed by atoms with E-state index in [1.54, 1.807) is 0 Å². The van der Waals surface area contributed by atoms with E-state index in [-0.39, 0.29) is 23.7 Å². The lowest BCUT2D eigenvalue weighted by atomic mass is 10.2. The molecule has 15 heavy (non-hydrogen) atoms. The Morgan fingerprint density at radius 1 is 1.53 bits per heavy atom. The zero-order valence-corrected chi connectivity index (χ0v) is 8.82. The van der Waals surface area contributed by atoms with Gasteiger partial charge < -0.3 is 10.8 Å². The number of amides is 1. The molecular weight excluding hydrogens is 196 g/mol. The van der Waals surface area contributed by atoms with E-state index in [1.165, 1.54) is 4.90 Å². The molecule has 0 radical (unpaired) electrons. The Bertz CT molecular complexity index is 310. The van der Waals surface area contributed by atoms with Crippen LogP contribution in [0.5, 0.6) is 0 Å². The van der Waals surface area contributed by atoms with Gasteiger partial charge in [-0.3, -0.25) is 9.69 Å². The molecule has 0 aromatic heterocycles. The van der Waals surface area contributed by atoms with Gasteiger partial charge in [-0.2, -0.15) is 0 Å². The molecular formula is C10H16N2O3. The van der Waals surface area contributed by atoms with Gasteiger partial charge in [0, 0.05) is 6.54 Å². The van der Waals surface area contributed by atoms with Crippen LogP contribution in [-0.2, 0) is 9.59 Å². The Morgan fingerprint density at radius 3 is 2.67 bits per heavy atom. The Hall–Kier alpha value is -1.52. The molecule has 5 heteroatoms. The molecule has 1 amide bonds. The van der Waals surface area contributed by atoms with Crippen LogP contribution < -0.4 is 5.73 Å². The lowest BCUT2D eigenvalue weighted by Gasteiger charge is -2.16. The van der Waals surface area contributed by atoms with Crippen LogP contribution in [0.4, 0.5) is 0 Å². The Kier molecular flexibility index (Phi) is 3.71. The molecule has 0 fully saturated rings. The second-order valence-corrected chi connectivity index (χ2v) is 3.60. The molecule has 0 spiro atoms. The lowest BCUT2D eigenvalue weighted by Crippen LogP contribution is -2.30. The van der Waals surface area contributed by atoms with E-state index in [0.717, 1.165) is 19.3 Å². The number of nitrogens with two attached hydrogens (primary N) is 1. The number of aliphatic carboxylic acids is 1. The van der Waals surface area contributed by atoms with Gasteiger partial charge in [0.05, 0.1) is 12.0 Å². The standard InChI is InChI=1S/C10H16N2O3/c1-2-3-4-5-12-8(13)6-7(9(12)11)10(14)15/h2-6,11H2,1H3,(H,14,15). The summed E-state index contributed by atoms with van der Waals surface area (Å²) in [6.07, 6.45) is 2.85. The molecule has 0 aromatic rings. The maximum atomic E-state index is 11.4. The summed E-state index contributed by atoms with van der Waals surface area (Å²) in [5.74, 6) is -1.19. The summed E-state index contributed by atoms with van der Waals surface area (Å²) in [4.78, 5) is 23.5. The van der Waals surface area contributed by atoms with Crippen LogP contribution >= 0.6 is 0 Å². The normalized spacial score (nSPS) is 16.3. The number of nitrogens with zero attached hydrogens (tertiary/aromatic N) is 1. The van der Waals surface area contributed by atoms with Crippen LogP contribution in [0.2, 0.25) is 0 Å². The second kappa shape index (κ2) is 4.82. The van der Waals surface area contributed by atoms with E-state index in [1.807, 2.05) is 0 Å². The van der Waals surface area contributed by atoms with Crippen molar-refractivity contribution in [2.24, 2.45) is 5.73 Å². The van der Waals surface area contributed by atoms with Crippen LogP contribution in [0.3, 0.4) is 0 Å². The zero-order valence-electron chi connectivity index (χ0n) is 8.82. The van der Waals surface area contributed by atoms with Gasteiger partial charge in [0.1, 0.15) is 5.82 Å². The number of carbonyl (C=O) groups is 2. The van der Waals surface area contributed by atoms with Crippen molar-refractivity contribution in [3.63, 3.8) is 0 Å². The minimum atomic E-state index is -1.10. The Labute approximate surface area is 88.5 Å². The summed E-state index contributed by atoms with van der Waals surface area (Å²) in [5.41, 5.74) is 5.63. The molecule has 1 rings (SSSR count). The van der Waals surface area contributed by atoms with Crippen molar-refractivity contribution in [1.82, 2.24) is 4.90 Å². The fraction of sp³-hybridized carbons (Fsp3) is 0.600. The van der Waals surface area contributed by atoms with Crippen molar-refractivity contribution >= 4 is 11.9 Å². The van der Waals surface area contributed by atoms with Crippen LogP contribution in [0.25, 0.3) is 0 Å². The van der Waals surface area contributed by atoms with E-state index in [9.17, 15) is 9.59 Å². The molecule has 0 aliphatic carbocycles. The van der Waals surface area contributed by atoms with Gasteiger partial charge in [0.15, 0.2) is 0 Å². The van der Waals surface area contributed by atoms with E-state index >= 15 is 0 Å². The predicted molar refractivity (Wildman–Crippen MR) is 54.7 cm³/mol. The summed E-state index contributed by atoms with van der Waals surface area (Å²) < 4.78 is 0. The largest absolute Gasteiger partial charge is 0.478 e. The summed E-state index contributed by atoms with van der Waals surface area (Å²) in [6.45, 7) is 2.59. The highest BCUT2D eigenvalue weighted by Crippen LogP contribution is 2.21. The minimum absolute atomic E-state index is 0.0245. The maximum absolute atomic E-state index is 11.4. The fourth-order valence-corrected chi connectivity index (χ4v) is 1.58. The highest BCUT2D eigenvalue weighted by molar-refractivity contribution is 5.98. The average molecular weight is 212 g/mol. The number of carboxylic acid groups (broad SMARTS) is 1. The van der Waals surface area contributed by atoms with Crippen molar-refractivity contribution in [3.05, 3.63) is 11.4 Å². The van der Waals surface area contributed by atoms with E-state index in [2.05, 4.69) is 6.92 Å². The number of hydrogen-bond donors (Lipinski definition) is 2. The quantitative estimate of drug-likeness (QED) is 0.656. The highest BCUT2D eigenvalue weighted by Gasteiger charge is 2.31. The van der Waals surface area contributed by atoms with Gasteiger partial charge >= 0.3 is 5.97 Å². The van der Waals surface area contributed by atoms with Crippen molar-refractivity contribution in [2.45, 2.75) is 32.6 Å². The van der Waals surface area contributed by atoms with Crippen molar-refractivity contribution in [1.29, 1.82) is 0 Å². The molecule has 1 heterocycles. The third-order valence-corrected chi connectivity index (χ3v) is 2.47.